The third-order valence-corrected chi connectivity index (χ3v) is 4.75. The van der Waals surface area contributed by atoms with Crippen molar-refractivity contribution in [1.29, 1.82) is 0 Å². The Bertz CT molecular complexity index is 295. The summed E-state index contributed by atoms with van der Waals surface area (Å²) in [7, 11) is 0. The Morgan fingerprint density at radius 3 is 2.26 bits per heavy atom. The molecule has 0 aromatic carbocycles. The average Bonchev–Trinajstić information content (AvgIpc) is 2.66. The predicted molar refractivity (Wildman–Crippen MR) is 78.8 cm³/mol. The average molecular weight is 266 g/mol. The maximum absolute atomic E-state index is 12.7. The number of rotatable bonds is 3. The van der Waals surface area contributed by atoms with Gasteiger partial charge < -0.3 is 4.90 Å². The Balaban J connectivity index is 2.08. The summed E-state index contributed by atoms with van der Waals surface area (Å²) in [4.78, 5) is 14.9. The van der Waals surface area contributed by atoms with Crippen molar-refractivity contribution in [2.24, 2.45) is 5.92 Å². The zero-order chi connectivity index (χ0) is 13.8. The fourth-order valence-electron chi connectivity index (χ4n) is 3.61. The van der Waals surface area contributed by atoms with Gasteiger partial charge in [0.1, 0.15) is 0 Å². The van der Waals surface area contributed by atoms with E-state index in [2.05, 4.69) is 31.0 Å². The van der Waals surface area contributed by atoms with Gasteiger partial charge in [0.25, 0.3) is 0 Å². The summed E-state index contributed by atoms with van der Waals surface area (Å²) < 4.78 is 0. The predicted octanol–water partition coefficient (Wildman–Crippen LogP) is 3.29. The van der Waals surface area contributed by atoms with E-state index in [-0.39, 0.29) is 12.2 Å². The second-order valence-corrected chi connectivity index (χ2v) is 6.56. The minimum atomic E-state index is 0.0374. The number of nitrogens with one attached hydrogen (secondary N) is 1. The summed E-state index contributed by atoms with van der Waals surface area (Å²) in [5.41, 5.74) is 0. The zero-order valence-electron chi connectivity index (χ0n) is 12.8. The molecule has 1 amide bonds. The highest BCUT2D eigenvalue weighted by atomic mass is 16.2. The minimum Gasteiger partial charge on any atom is -0.323 e. The molecule has 0 aromatic heterocycles. The van der Waals surface area contributed by atoms with Crippen LogP contribution in [0.2, 0.25) is 0 Å². The molecule has 1 N–H and O–H groups in total. The second kappa shape index (κ2) is 6.74. The van der Waals surface area contributed by atoms with Gasteiger partial charge in [-0.2, -0.15) is 0 Å². The van der Waals surface area contributed by atoms with Gasteiger partial charge in [0.15, 0.2) is 0 Å². The molecule has 1 heterocycles. The van der Waals surface area contributed by atoms with Gasteiger partial charge in [-0.1, -0.05) is 52.9 Å². The fraction of sp³-hybridized carbons (Fsp3) is 0.938. The van der Waals surface area contributed by atoms with Gasteiger partial charge in [0.2, 0.25) is 5.91 Å². The lowest BCUT2D eigenvalue weighted by atomic mass is 9.95. The molecular formula is C16H30N2O. The van der Waals surface area contributed by atoms with Crippen LogP contribution in [0.25, 0.3) is 0 Å². The summed E-state index contributed by atoms with van der Waals surface area (Å²) in [5, 5.41) is 3.55. The van der Waals surface area contributed by atoms with E-state index in [1.165, 1.54) is 44.9 Å². The summed E-state index contributed by atoms with van der Waals surface area (Å²) in [6.07, 6.45) is 10.3. The van der Waals surface area contributed by atoms with Crippen LogP contribution in [-0.2, 0) is 4.79 Å². The first-order chi connectivity index (χ1) is 9.15. The first kappa shape index (κ1) is 14.8. The molecule has 1 saturated carbocycles. The molecule has 1 aliphatic carbocycles. The van der Waals surface area contributed by atoms with Crippen molar-refractivity contribution >= 4 is 5.91 Å². The van der Waals surface area contributed by atoms with Crippen molar-refractivity contribution in [3.05, 3.63) is 0 Å². The minimum absolute atomic E-state index is 0.0374. The van der Waals surface area contributed by atoms with Crippen LogP contribution in [0, 0.1) is 5.92 Å². The largest absolute Gasteiger partial charge is 0.323 e. The van der Waals surface area contributed by atoms with Gasteiger partial charge in [-0.25, -0.2) is 0 Å². The number of carbonyl (C=O) groups excluding carboxylic acids is 1. The number of hydrogen-bond acceptors (Lipinski definition) is 2. The van der Waals surface area contributed by atoms with Crippen molar-refractivity contribution in [3.63, 3.8) is 0 Å². The highest BCUT2D eigenvalue weighted by Gasteiger charge is 2.42. The molecule has 0 bridgehead atoms. The first-order valence-corrected chi connectivity index (χ1v) is 8.23. The SMILES string of the molecule is CCC1NC(C(C)C)C(=O)N1C1CCCCCCC1. The standard InChI is InChI=1S/C16H30N2O/c1-4-14-17-15(12(2)3)16(19)18(14)13-10-8-6-5-7-9-11-13/h12-15,17H,4-11H2,1-3H3. The zero-order valence-corrected chi connectivity index (χ0v) is 12.8. The smallest absolute Gasteiger partial charge is 0.241 e. The van der Waals surface area contributed by atoms with Gasteiger partial charge in [0, 0.05) is 6.04 Å². The van der Waals surface area contributed by atoms with Crippen LogP contribution in [0.15, 0.2) is 0 Å². The molecule has 0 radical (unpaired) electrons. The number of nitrogens with zero attached hydrogens (tertiary/aromatic N) is 1. The molecule has 0 aromatic rings. The van der Waals surface area contributed by atoms with E-state index in [0.717, 1.165) is 6.42 Å². The van der Waals surface area contributed by atoms with E-state index >= 15 is 0 Å². The summed E-state index contributed by atoms with van der Waals surface area (Å²) in [6.45, 7) is 6.47. The quantitative estimate of drug-likeness (QED) is 0.850. The van der Waals surface area contributed by atoms with E-state index in [1.807, 2.05) is 0 Å². The van der Waals surface area contributed by atoms with Crippen molar-refractivity contribution in [1.82, 2.24) is 10.2 Å². The molecular weight excluding hydrogens is 236 g/mol. The van der Waals surface area contributed by atoms with Crippen LogP contribution in [0.1, 0.15) is 72.1 Å². The topological polar surface area (TPSA) is 32.3 Å². The Kier molecular flexibility index (Phi) is 5.26. The maximum Gasteiger partial charge on any atom is 0.241 e. The fourth-order valence-corrected chi connectivity index (χ4v) is 3.61. The second-order valence-electron chi connectivity index (χ2n) is 6.56. The van der Waals surface area contributed by atoms with E-state index in [1.54, 1.807) is 0 Å². The molecule has 110 valence electrons. The van der Waals surface area contributed by atoms with Gasteiger partial charge in [-0.15, -0.1) is 0 Å². The lowest BCUT2D eigenvalue weighted by Crippen LogP contribution is -2.44. The lowest BCUT2D eigenvalue weighted by molar-refractivity contribution is -0.133. The Morgan fingerprint density at radius 2 is 1.74 bits per heavy atom. The molecule has 1 saturated heterocycles. The van der Waals surface area contributed by atoms with Crippen LogP contribution in [0.4, 0.5) is 0 Å². The van der Waals surface area contributed by atoms with Crippen LogP contribution in [0.5, 0.6) is 0 Å². The molecule has 19 heavy (non-hydrogen) atoms. The number of carbonyl (C=O) groups is 1. The molecule has 2 unspecified atom stereocenters. The van der Waals surface area contributed by atoms with Crippen LogP contribution >= 0.6 is 0 Å². The van der Waals surface area contributed by atoms with Crippen molar-refractivity contribution in [3.8, 4) is 0 Å². The van der Waals surface area contributed by atoms with Crippen molar-refractivity contribution < 1.29 is 4.79 Å². The van der Waals surface area contributed by atoms with Crippen LogP contribution in [0.3, 0.4) is 0 Å². The van der Waals surface area contributed by atoms with Crippen LogP contribution in [-0.4, -0.2) is 29.1 Å². The molecule has 2 fully saturated rings. The molecule has 1 aliphatic heterocycles. The van der Waals surface area contributed by atoms with E-state index in [4.69, 9.17) is 0 Å². The third kappa shape index (κ3) is 3.31. The number of amides is 1. The highest BCUT2D eigenvalue weighted by molar-refractivity contribution is 5.84. The molecule has 2 aliphatic rings. The van der Waals surface area contributed by atoms with Gasteiger partial charge in [0.05, 0.1) is 12.2 Å². The maximum atomic E-state index is 12.7. The lowest BCUT2D eigenvalue weighted by Gasteiger charge is -2.33. The first-order valence-electron chi connectivity index (χ1n) is 8.23. The van der Waals surface area contributed by atoms with Crippen molar-refractivity contribution in [2.75, 3.05) is 0 Å². The summed E-state index contributed by atoms with van der Waals surface area (Å²) in [6, 6.07) is 0.518. The third-order valence-electron chi connectivity index (χ3n) is 4.75. The number of hydrogen-bond donors (Lipinski definition) is 1. The van der Waals surface area contributed by atoms with Gasteiger partial charge in [-0.05, 0) is 25.2 Å². The van der Waals surface area contributed by atoms with Crippen LogP contribution < -0.4 is 5.32 Å². The molecule has 2 rings (SSSR count). The Morgan fingerprint density at radius 1 is 1.16 bits per heavy atom. The highest BCUT2D eigenvalue weighted by Crippen LogP contribution is 2.28. The molecule has 3 nitrogen and oxygen atoms in total. The van der Waals surface area contributed by atoms with Crippen molar-refractivity contribution in [2.45, 2.75) is 90.4 Å². The molecule has 0 spiro atoms. The molecule has 2 atom stereocenters. The Hall–Kier alpha value is -0.570. The Labute approximate surface area is 118 Å². The van der Waals surface area contributed by atoms with Gasteiger partial charge in [-0.3, -0.25) is 10.1 Å². The summed E-state index contributed by atoms with van der Waals surface area (Å²) in [5.74, 6) is 0.743. The normalized spacial score (nSPS) is 30.7. The van der Waals surface area contributed by atoms with E-state index in [9.17, 15) is 4.79 Å². The van der Waals surface area contributed by atoms with Gasteiger partial charge >= 0.3 is 0 Å². The van der Waals surface area contributed by atoms with E-state index in [0.29, 0.717) is 17.9 Å². The summed E-state index contributed by atoms with van der Waals surface area (Å²) >= 11 is 0. The monoisotopic (exact) mass is 266 g/mol. The molecule has 3 heteroatoms. The van der Waals surface area contributed by atoms with E-state index < -0.39 is 0 Å².